The van der Waals surface area contributed by atoms with Gasteiger partial charge in [-0.2, -0.15) is 0 Å². The highest BCUT2D eigenvalue weighted by Gasteiger charge is 2.22. The fraction of sp³-hybridized carbons (Fsp3) is 0.538. The molecule has 0 aliphatic carbocycles. The summed E-state index contributed by atoms with van der Waals surface area (Å²) in [5.41, 5.74) is 0.214. The van der Waals surface area contributed by atoms with Crippen LogP contribution in [0.25, 0.3) is 0 Å². The first-order valence-electron chi connectivity index (χ1n) is 6.42. The Kier molecular flexibility index (Phi) is 4.31. The van der Waals surface area contributed by atoms with E-state index in [0.29, 0.717) is 25.4 Å². The minimum absolute atomic E-state index is 0.217. The van der Waals surface area contributed by atoms with Crippen molar-refractivity contribution < 1.29 is 14.1 Å². The molecule has 0 amide bonds. The van der Waals surface area contributed by atoms with E-state index in [0.717, 1.165) is 18.9 Å². The number of rotatable bonds is 4. The van der Waals surface area contributed by atoms with Crippen LogP contribution in [0, 0.1) is 15.9 Å². The predicted molar refractivity (Wildman–Crippen MR) is 69.9 cm³/mol. The molecule has 0 radical (unpaired) electrons. The van der Waals surface area contributed by atoms with Crippen LogP contribution in [0.4, 0.5) is 15.8 Å². The van der Waals surface area contributed by atoms with Crippen LogP contribution < -0.4 is 4.90 Å². The normalized spacial score (nSPS) is 16.6. The van der Waals surface area contributed by atoms with Crippen molar-refractivity contribution in [3.05, 3.63) is 34.1 Å². The summed E-state index contributed by atoms with van der Waals surface area (Å²) in [6, 6.07) is 3.80. The zero-order valence-electron chi connectivity index (χ0n) is 10.8. The molecule has 0 saturated carbocycles. The fourth-order valence-electron chi connectivity index (χ4n) is 2.36. The number of nitrogens with zero attached hydrogens (tertiary/aromatic N) is 2. The molecule has 1 heterocycles. The van der Waals surface area contributed by atoms with E-state index in [1.807, 2.05) is 11.8 Å². The van der Waals surface area contributed by atoms with Crippen molar-refractivity contribution in [1.82, 2.24) is 0 Å². The molecule has 0 bridgehead atoms. The highest BCUT2D eigenvalue weighted by atomic mass is 19.1. The Morgan fingerprint density at radius 1 is 1.47 bits per heavy atom. The van der Waals surface area contributed by atoms with Crippen molar-refractivity contribution in [1.29, 1.82) is 0 Å². The van der Waals surface area contributed by atoms with Crippen LogP contribution in [-0.2, 0) is 4.74 Å². The summed E-state index contributed by atoms with van der Waals surface area (Å²) in [5.74, 6) is -0.538. The molecule has 5 nitrogen and oxygen atoms in total. The molecule has 1 saturated heterocycles. The van der Waals surface area contributed by atoms with Gasteiger partial charge >= 0.3 is 0 Å². The first kappa shape index (κ1) is 13.7. The molecular formula is C13H17FN2O3. The molecule has 1 aliphatic heterocycles. The van der Waals surface area contributed by atoms with Crippen LogP contribution in [-0.4, -0.2) is 30.7 Å². The van der Waals surface area contributed by atoms with Crippen LogP contribution in [0.15, 0.2) is 18.2 Å². The minimum Gasteiger partial charge on any atom is -0.378 e. The molecule has 1 aliphatic rings. The van der Waals surface area contributed by atoms with Gasteiger partial charge in [0.1, 0.15) is 0 Å². The summed E-state index contributed by atoms with van der Waals surface area (Å²) in [6.45, 7) is 4.07. The van der Waals surface area contributed by atoms with Crippen LogP contribution >= 0.6 is 0 Å². The second-order valence-electron chi connectivity index (χ2n) is 4.53. The lowest BCUT2D eigenvalue weighted by molar-refractivity contribution is -0.385. The summed E-state index contributed by atoms with van der Waals surface area (Å²) >= 11 is 0. The Hall–Kier alpha value is -1.69. The Morgan fingerprint density at radius 2 is 2.16 bits per heavy atom. The third kappa shape index (κ3) is 3.20. The van der Waals surface area contributed by atoms with E-state index in [4.69, 9.17) is 4.74 Å². The molecule has 19 heavy (non-hydrogen) atoms. The van der Waals surface area contributed by atoms with Gasteiger partial charge in [-0.05, 0) is 25.8 Å². The molecule has 0 atom stereocenters. The second-order valence-corrected chi connectivity index (χ2v) is 4.53. The summed E-state index contributed by atoms with van der Waals surface area (Å²) < 4.78 is 19.4. The van der Waals surface area contributed by atoms with Gasteiger partial charge in [0, 0.05) is 25.8 Å². The van der Waals surface area contributed by atoms with E-state index in [2.05, 4.69) is 0 Å². The minimum atomic E-state index is -0.589. The van der Waals surface area contributed by atoms with Gasteiger partial charge in [0.15, 0.2) is 5.82 Å². The molecular weight excluding hydrogens is 251 g/mol. The molecule has 2 rings (SSSR count). The van der Waals surface area contributed by atoms with E-state index in [1.165, 1.54) is 12.1 Å². The first-order valence-corrected chi connectivity index (χ1v) is 6.42. The summed E-state index contributed by atoms with van der Waals surface area (Å²) in [4.78, 5) is 11.9. The lowest BCUT2D eigenvalue weighted by Gasteiger charge is -2.33. The first-order chi connectivity index (χ1) is 9.11. The van der Waals surface area contributed by atoms with Crippen molar-refractivity contribution in [3.63, 3.8) is 0 Å². The van der Waals surface area contributed by atoms with Gasteiger partial charge in [-0.3, -0.25) is 10.1 Å². The Bertz CT molecular complexity index is 459. The third-order valence-electron chi connectivity index (χ3n) is 3.33. The molecule has 0 N–H and O–H groups in total. The molecule has 0 aromatic heterocycles. The van der Waals surface area contributed by atoms with Gasteiger partial charge in [-0.25, -0.2) is 4.39 Å². The average Bonchev–Trinajstić information content (AvgIpc) is 2.40. The van der Waals surface area contributed by atoms with Crippen molar-refractivity contribution >= 4 is 11.4 Å². The molecule has 1 fully saturated rings. The number of hydrogen-bond acceptors (Lipinski definition) is 4. The molecule has 0 spiro atoms. The maximum absolute atomic E-state index is 13.9. The van der Waals surface area contributed by atoms with E-state index < -0.39 is 10.7 Å². The second kappa shape index (κ2) is 5.97. The van der Waals surface area contributed by atoms with Gasteiger partial charge in [0.2, 0.25) is 0 Å². The lowest BCUT2D eigenvalue weighted by atomic mass is 10.1. The Morgan fingerprint density at radius 3 is 2.68 bits per heavy atom. The Balaban J connectivity index is 2.05. The number of non-ortho nitro benzene ring substituents is 1. The van der Waals surface area contributed by atoms with E-state index in [1.54, 1.807) is 0 Å². The van der Waals surface area contributed by atoms with Gasteiger partial charge < -0.3 is 9.64 Å². The lowest BCUT2D eigenvalue weighted by Crippen LogP contribution is -2.37. The number of anilines is 1. The number of halogens is 1. The molecule has 6 heteroatoms. The van der Waals surface area contributed by atoms with E-state index in [9.17, 15) is 14.5 Å². The number of nitro benzene ring substituents is 1. The van der Waals surface area contributed by atoms with Gasteiger partial charge in [0.25, 0.3) is 5.69 Å². The SMILES string of the molecule is CCOC1CCN(c2ccc([N+](=O)[O-])cc2F)CC1. The van der Waals surface area contributed by atoms with Gasteiger partial charge in [0.05, 0.1) is 22.8 Å². The molecule has 1 aromatic carbocycles. The third-order valence-corrected chi connectivity index (χ3v) is 3.33. The predicted octanol–water partition coefficient (Wildman–Crippen LogP) is 2.74. The highest BCUT2D eigenvalue weighted by Crippen LogP contribution is 2.27. The van der Waals surface area contributed by atoms with Crippen LogP contribution in [0.3, 0.4) is 0 Å². The summed E-state index contributed by atoms with van der Waals surface area (Å²) in [5, 5.41) is 10.6. The van der Waals surface area contributed by atoms with Crippen molar-refractivity contribution in [2.45, 2.75) is 25.9 Å². The number of hydrogen-bond donors (Lipinski definition) is 0. The largest absolute Gasteiger partial charge is 0.378 e. The monoisotopic (exact) mass is 268 g/mol. The van der Waals surface area contributed by atoms with Gasteiger partial charge in [-0.15, -0.1) is 0 Å². The van der Waals surface area contributed by atoms with Crippen molar-refractivity contribution in [2.75, 3.05) is 24.6 Å². The topological polar surface area (TPSA) is 55.6 Å². The Labute approximate surface area is 111 Å². The summed E-state index contributed by atoms with van der Waals surface area (Å²) in [7, 11) is 0. The van der Waals surface area contributed by atoms with Crippen LogP contribution in [0.2, 0.25) is 0 Å². The molecule has 1 aromatic rings. The number of nitro groups is 1. The smallest absolute Gasteiger partial charge is 0.272 e. The van der Waals surface area contributed by atoms with Crippen LogP contribution in [0.1, 0.15) is 19.8 Å². The van der Waals surface area contributed by atoms with Crippen molar-refractivity contribution in [3.8, 4) is 0 Å². The molecule has 0 unspecified atom stereocenters. The standard InChI is InChI=1S/C13H17FN2O3/c1-2-19-11-5-7-15(8-6-11)13-4-3-10(16(17)18)9-12(13)14/h3-4,9,11H,2,5-8H2,1H3. The molecule has 104 valence electrons. The average molecular weight is 268 g/mol. The number of benzene rings is 1. The highest BCUT2D eigenvalue weighted by molar-refractivity contribution is 5.52. The van der Waals surface area contributed by atoms with E-state index >= 15 is 0 Å². The maximum atomic E-state index is 13.9. The zero-order chi connectivity index (χ0) is 13.8. The summed E-state index contributed by atoms with van der Waals surface area (Å²) in [6.07, 6.45) is 1.94. The fourth-order valence-corrected chi connectivity index (χ4v) is 2.36. The number of ether oxygens (including phenoxy) is 1. The zero-order valence-corrected chi connectivity index (χ0v) is 10.8. The van der Waals surface area contributed by atoms with Crippen molar-refractivity contribution in [2.24, 2.45) is 0 Å². The quantitative estimate of drug-likeness (QED) is 0.622. The van der Waals surface area contributed by atoms with E-state index in [-0.39, 0.29) is 11.8 Å². The van der Waals surface area contributed by atoms with Gasteiger partial charge in [-0.1, -0.05) is 0 Å². The number of piperidine rings is 1. The van der Waals surface area contributed by atoms with Crippen LogP contribution in [0.5, 0.6) is 0 Å². The maximum Gasteiger partial charge on any atom is 0.272 e.